The highest BCUT2D eigenvalue weighted by atomic mass is 79.9. The van der Waals surface area contributed by atoms with Gasteiger partial charge < -0.3 is 10.2 Å². The van der Waals surface area contributed by atoms with E-state index in [2.05, 4.69) is 15.9 Å². The summed E-state index contributed by atoms with van der Waals surface area (Å²) in [6.45, 7) is 0. The predicted molar refractivity (Wildman–Crippen MR) is 63.5 cm³/mol. The van der Waals surface area contributed by atoms with Crippen LogP contribution >= 0.6 is 15.9 Å². The lowest BCUT2D eigenvalue weighted by Gasteiger charge is -2.26. The number of benzene rings is 1. The molecule has 0 spiro atoms. The molecule has 0 amide bonds. The molecular weight excluding hydrogens is 291 g/mol. The molecule has 1 saturated carbocycles. The van der Waals surface area contributed by atoms with Crippen molar-refractivity contribution in [1.29, 1.82) is 0 Å². The Bertz CT molecular complexity index is 467. The van der Waals surface area contributed by atoms with Crippen LogP contribution in [0.3, 0.4) is 0 Å². The van der Waals surface area contributed by atoms with Gasteiger partial charge in [0.1, 0.15) is 0 Å². The van der Waals surface area contributed by atoms with Crippen LogP contribution in [-0.4, -0.2) is 16.2 Å². The Balaban J connectivity index is 2.66. The third-order valence-corrected chi connectivity index (χ3v) is 4.08. The van der Waals surface area contributed by atoms with E-state index in [-0.39, 0.29) is 5.56 Å². The van der Waals surface area contributed by atoms with Crippen molar-refractivity contribution in [3.63, 3.8) is 0 Å². The first-order valence-corrected chi connectivity index (χ1v) is 6.19. The highest BCUT2D eigenvalue weighted by molar-refractivity contribution is 9.10. The number of phenols is 1. The monoisotopic (exact) mass is 302 g/mol. The fraction of sp³-hybridized carbons (Fsp3) is 0.417. The maximum atomic E-state index is 13.4. The lowest BCUT2D eigenvalue weighted by Crippen LogP contribution is -2.33. The van der Waals surface area contributed by atoms with Crippen molar-refractivity contribution in [1.82, 2.24) is 0 Å². The van der Waals surface area contributed by atoms with Gasteiger partial charge >= 0.3 is 5.97 Å². The summed E-state index contributed by atoms with van der Waals surface area (Å²) in [5.74, 6) is -2.34. The van der Waals surface area contributed by atoms with Crippen LogP contribution in [0.2, 0.25) is 0 Å². The average molecular weight is 303 g/mol. The van der Waals surface area contributed by atoms with Gasteiger partial charge in [0.25, 0.3) is 0 Å². The van der Waals surface area contributed by atoms with Gasteiger partial charge in [0.05, 0.1) is 5.41 Å². The Hall–Kier alpha value is -1.10. The Morgan fingerprint density at radius 1 is 1.35 bits per heavy atom. The number of carboxylic acid groups (broad SMARTS) is 1. The van der Waals surface area contributed by atoms with Crippen LogP contribution in [0.1, 0.15) is 31.2 Å². The van der Waals surface area contributed by atoms with Crippen molar-refractivity contribution in [2.45, 2.75) is 31.1 Å². The van der Waals surface area contributed by atoms with E-state index in [0.717, 1.165) is 18.9 Å². The third-order valence-electron chi connectivity index (χ3n) is 3.42. The van der Waals surface area contributed by atoms with Crippen molar-refractivity contribution in [2.24, 2.45) is 0 Å². The zero-order chi connectivity index (χ0) is 12.6. The van der Waals surface area contributed by atoms with E-state index in [9.17, 15) is 19.4 Å². The van der Waals surface area contributed by atoms with E-state index < -0.39 is 23.0 Å². The van der Waals surface area contributed by atoms with E-state index in [1.165, 1.54) is 6.07 Å². The molecule has 92 valence electrons. The third kappa shape index (κ3) is 1.82. The SMILES string of the molecule is O=C(O)C1(c2c(Br)ccc(F)c2O)CCCC1. The predicted octanol–water partition coefficient (Wildman–Crippen LogP) is 3.19. The average Bonchev–Trinajstić information content (AvgIpc) is 2.74. The molecule has 0 saturated heterocycles. The van der Waals surface area contributed by atoms with Crippen LogP contribution < -0.4 is 0 Å². The van der Waals surface area contributed by atoms with Crippen molar-refractivity contribution in [3.8, 4) is 5.75 Å². The quantitative estimate of drug-likeness (QED) is 0.882. The van der Waals surface area contributed by atoms with Crippen molar-refractivity contribution in [2.75, 3.05) is 0 Å². The normalized spacial score (nSPS) is 18.2. The molecule has 0 heterocycles. The maximum Gasteiger partial charge on any atom is 0.314 e. The minimum atomic E-state index is -1.16. The number of halogens is 2. The Morgan fingerprint density at radius 2 is 1.94 bits per heavy atom. The van der Waals surface area contributed by atoms with E-state index in [0.29, 0.717) is 17.3 Å². The summed E-state index contributed by atoms with van der Waals surface area (Å²) in [6.07, 6.45) is 2.40. The number of hydrogen-bond donors (Lipinski definition) is 2. The zero-order valence-corrected chi connectivity index (χ0v) is 10.6. The number of phenolic OH excluding ortho intramolecular Hbond substituents is 1. The highest BCUT2D eigenvalue weighted by Crippen LogP contribution is 2.48. The molecule has 1 aliphatic rings. The van der Waals surface area contributed by atoms with E-state index >= 15 is 0 Å². The first kappa shape index (κ1) is 12.4. The molecule has 0 unspecified atom stereocenters. The Kier molecular flexibility index (Phi) is 3.12. The van der Waals surface area contributed by atoms with E-state index in [1.54, 1.807) is 0 Å². The van der Waals surface area contributed by atoms with Gasteiger partial charge in [-0.25, -0.2) is 4.39 Å². The molecule has 1 aromatic carbocycles. The highest BCUT2D eigenvalue weighted by Gasteiger charge is 2.46. The second kappa shape index (κ2) is 4.29. The van der Waals surface area contributed by atoms with Gasteiger partial charge in [0.15, 0.2) is 11.6 Å². The second-order valence-corrected chi connectivity index (χ2v) is 5.20. The molecule has 3 nitrogen and oxygen atoms in total. The first-order valence-electron chi connectivity index (χ1n) is 5.40. The van der Waals surface area contributed by atoms with Crippen molar-refractivity contribution < 1.29 is 19.4 Å². The number of rotatable bonds is 2. The molecule has 0 radical (unpaired) electrons. The van der Waals surface area contributed by atoms with Gasteiger partial charge in [-0.05, 0) is 25.0 Å². The van der Waals surface area contributed by atoms with Crippen LogP contribution in [0.4, 0.5) is 4.39 Å². The van der Waals surface area contributed by atoms with E-state index in [1.807, 2.05) is 0 Å². The lowest BCUT2D eigenvalue weighted by atomic mass is 9.78. The van der Waals surface area contributed by atoms with Gasteiger partial charge in [-0.1, -0.05) is 28.8 Å². The van der Waals surface area contributed by atoms with Crippen LogP contribution in [-0.2, 0) is 10.2 Å². The van der Waals surface area contributed by atoms with Gasteiger partial charge in [0, 0.05) is 10.0 Å². The smallest absolute Gasteiger partial charge is 0.314 e. The molecule has 0 aromatic heterocycles. The van der Waals surface area contributed by atoms with E-state index in [4.69, 9.17) is 0 Å². The number of aromatic hydroxyl groups is 1. The minimum absolute atomic E-state index is 0.169. The van der Waals surface area contributed by atoms with Crippen LogP contribution in [0.25, 0.3) is 0 Å². The standard InChI is InChI=1S/C12H12BrFO3/c13-7-3-4-8(14)10(15)9(7)12(11(16)17)5-1-2-6-12/h3-4,15H,1-2,5-6H2,(H,16,17). The van der Waals surface area contributed by atoms with Gasteiger partial charge in [-0.2, -0.15) is 0 Å². The summed E-state index contributed by atoms with van der Waals surface area (Å²) < 4.78 is 13.8. The molecule has 5 heteroatoms. The van der Waals surface area contributed by atoms with Crippen LogP contribution in [0.15, 0.2) is 16.6 Å². The summed E-state index contributed by atoms with van der Waals surface area (Å²) in [5, 5.41) is 19.2. The van der Waals surface area contributed by atoms with Gasteiger partial charge in [0.2, 0.25) is 0 Å². The molecule has 1 aromatic rings. The molecule has 1 fully saturated rings. The Labute approximate surface area is 106 Å². The molecule has 17 heavy (non-hydrogen) atoms. The molecule has 2 N–H and O–H groups in total. The number of aliphatic carboxylic acids is 1. The fourth-order valence-corrected chi connectivity index (χ4v) is 3.25. The summed E-state index contributed by atoms with van der Waals surface area (Å²) in [5.41, 5.74) is -0.993. The Morgan fingerprint density at radius 3 is 2.47 bits per heavy atom. The van der Waals surface area contributed by atoms with Gasteiger partial charge in [-0.15, -0.1) is 0 Å². The second-order valence-electron chi connectivity index (χ2n) is 4.35. The van der Waals surface area contributed by atoms with Gasteiger partial charge in [-0.3, -0.25) is 4.79 Å². The largest absolute Gasteiger partial charge is 0.505 e. The maximum absolute atomic E-state index is 13.4. The lowest BCUT2D eigenvalue weighted by molar-refractivity contribution is -0.143. The molecular formula is C12H12BrFO3. The first-order chi connectivity index (χ1) is 7.99. The molecule has 1 aliphatic carbocycles. The molecule has 2 rings (SSSR count). The van der Waals surface area contributed by atoms with Crippen molar-refractivity contribution in [3.05, 3.63) is 28.0 Å². The molecule has 0 aliphatic heterocycles. The zero-order valence-electron chi connectivity index (χ0n) is 9.04. The number of hydrogen-bond acceptors (Lipinski definition) is 2. The number of carboxylic acids is 1. The topological polar surface area (TPSA) is 57.5 Å². The molecule has 0 atom stereocenters. The summed E-state index contributed by atoms with van der Waals surface area (Å²) in [6, 6.07) is 2.56. The summed E-state index contributed by atoms with van der Waals surface area (Å²) in [7, 11) is 0. The molecule has 0 bridgehead atoms. The number of carbonyl (C=O) groups is 1. The fourth-order valence-electron chi connectivity index (χ4n) is 2.55. The van der Waals surface area contributed by atoms with Crippen LogP contribution in [0, 0.1) is 5.82 Å². The van der Waals surface area contributed by atoms with Crippen molar-refractivity contribution >= 4 is 21.9 Å². The van der Waals surface area contributed by atoms with Crippen LogP contribution in [0.5, 0.6) is 5.75 Å². The summed E-state index contributed by atoms with van der Waals surface area (Å²) >= 11 is 3.20. The summed E-state index contributed by atoms with van der Waals surface area (Å²) in [4.78, 5) is 11.5. The minimum Gasteiger partial charge on any atom is -0.505 e.